The number of hydrogen-bond donors (Lipinski definition) is 0. The molecule has 1 fully saturated rings. The Morgan fingerprint density at radius 3 is 1.21 bits per heavy atom. The topological polar surface area (TPSA) is 253 Å². The number of aromatic nitrogens is 1. The maximum absolute atomic E-state index is 15.2. The third kappa shape index (κ3) is 45.4. The van der Waals surface area contributed by atoms with E-state index in [9.17, 15) is 24.0 Å². The maximum atomic E-state index is 15.2. The van der Waals surface area contributed by atoms with Crippen LogP contribution in [-0.4, -0.2) is 152 Å². The van der Waals surface area contributed by atoms with Crippen LogP contribution < -0.4 is 28.4 Å². The monoisotopic (exact) mass is 2060 g/mol. The van der Waals surface area contributed by atoms with E-state index in [2.05, 4.69) is 168 Å². The van der Waals surface area contributed by atoms with Gasteiger partial charge in [0.25, 0.3) is 0 Å². The molecule has 0 saturated carbocycles. The molecule has 1 atom stereocenters. The lowest BCUT2D eigenvalue weighted by molar-refractivity contribution is -0.139. The molecule has 24 heteroatoms. The molecule has 150 heavy (non-hydrogen) atoms. The molecule has 810 valence electrons. The highest BCUT2D eigenvalue weighted by molar-refractivity contribution is 5.89. The minimum Gasteiger partial charge on any atom is -0.494 e. The molecule has 0 amide bonds. The van der Waals surface area contributed by atoms with E-state index in [0.29, 0.717) is 208 Å². The summed E-state index contributed by atoms with van der Waals surface area (Å²) in [7, 11) is 0. The van der Waals surface area contributed by atoms with Crippen LogP contribution in [0.1, 0.15) is 252 Å². The largest absolute Gasteiger partial charge is 0.494 e. The summed E-state index contributed by atoms with van der Waals surface area (Å²) in [4.78, 5) is 61.9. The van der Waals surface area contributed by atoms with Crippen LogP contribution >= 0.6 is 0 Å². The zero-order chi connectivity index (χ0) is 107. The second kappa shape index (κ2) is 70.1. The Balaban J connectivity index is 0.000000253. The van der Waals surface area contributed by atoms with Crippen molar-refractivity contribution in [3.8, 4) is 67.9 Å². The van der Waals surface area contributed by atoms with Gasteiger partial charge < -0.3 is 80.5 Å². The highest BCUT2D eigenvalue weighted by Gasteiger charge is 2.23. The highest BCUT2D eigenvalue weighted by atomic mass is 19.1. The fourth-order valence-corrected chi connectivity index (χ4v) is 17.0. The van der Waals surface area contributed by atoms with Gasteiger partial charge in [0.15, 0.2) is 6.73 Å². The van der Waals surface area contributed by atoms with Crippen LogP contribution in [0.4, 0.5) is 4.39 Å². The number of aryl methyl sites for hydroxylation is 9. The van der Waals surface area contributed by atoms with Crippen LogP contribution in [0.5, 0.6) is 34.5 Å². The minimum absolute atomic E-state index is 0.250. The summed E-state index contributed by atoms with van der Waals surface area (Å²) in [5, 5.41) is 3.70. The van der Waals surface area contributed by atoms with Crippen LogP contribution in [0.2, 0.25) is 0 Å². The van der Waals surface area contributed by atoms with E-state index in [1.165, 1.54) is 84.2 Å². The SMILES string of the molecule is C=C(C)C(=O)OCCCc1cc(-c2ccc(OCCCCCCCCCC)cc2F)ccc1OCc1cnoc1.C=C(C)C(=O)OCCCc1cc(-c2ccccc2CC)cc(CCCOC(=O)C(=C)C)c1OCCCCCc1ccc(OCCCOCC2CCOC2)cc1.C=C(C)C(=O)OCCCc1cc(-c2ccccc2CC)cc(CCCOC(=O)C(=C)C)c1OCCCCCc1ccc(OCCCOCN2C=COC2)cc1. The van der Waals surface area contributed by atoms with Crippen LogP contribution in [-0.2, 0) is 131 Å². The smallest absolute Gasteiger partial charge is 0.333 e. The molecule has 0 aliphatic carbocycles. The van der Waals surface area contributed by atoms with E-state index in [1.54, 1.807) is 53.1 Å². The van der Waals surface area contributed by atoms with Gasteiger partial charge in [-0.15, -0.1) is 0 Å². The Labute approximate surface area is 891 Å². The first-order valence-corrected chi connectivity index (χ1v) is 54.1. The van der Waals surface area contributed by atoms with Gasteiger partial charge in [0.2, 0.25) is 0 Å². The number of nitrogens with zero attached hydrogens (tertiary/aromatic N) is 2. The number of unbranched alkanes of at least 4 members (excludes halogenated alkanes) is 11. The number of benzene rings is 8. The van der Waals surface area contributed by atoms with Crippen LogP contribution in [0, 0.1) is 11.7 Å². The Hall–Kier alpha value is -13.0. The van der Waals surface area contributed by atoms with Crippen molar-refractivity contribution < 1.29 is 104 Å². The van der Waals surface area contributed by atoms with Gasteiger partial charge in [-0.25, -0.2) is 28.4 Å². The lowest BCUT2D eigenvalue weighted by Crippen LogP contribution is -2.19. The molecule has 8 aromatic carbocycles. The van der Waals surface area contributed by atoms with Crippen molar-refractivity contribution in [1.82, 2.24) is 10.1 Å². The molecule has 1 unspecified atom stereocenters. The quantitative estimate of drug-likeness (QED) is 0.0149. The second-order valence-electron chi connectivity index (χ2n) is 38.5. The number of halogens is 1. The van der Waals surface area contributed by atoms with E-state index >= 15 is 4.39 Å². The lowest BCUT2D eigenvalue weighted by Gasteiger charge is -2.20. The van der Waals surface area contributed by atoms with E-state index in [0.717, 1.165) is 189 Å². The average molecular weight is 2060 g/mol. The van der Waals surface area contributed by atoms with Crippen molar-refractivity contribution in [1.29, 1.82) is 0 Å². The zero-order valence-corrected chi connectivity index (χ0v) is 90.4. The predicted molar refractivity (Wildman–Crippen MR) is 590 cm³/mol. The molecule has 0 N–H and O–H groups in total. The Kier molecular flexibility index (Phi) is 56.3. The van der Waals surface area contributed by atoms with Crippen molar-refractivity contribution in [2.75, 3.05) is 113 Å². The summed E-state index contributed by atoms with van der Waals surface area (Å²) < 4.78 is 106. The number of rotatable bonds is 71. The van der Waals surface area contributed by atoms with E-state index in [1.807, 2.05) is 47.5 Å². The minimum atomic E-state index is -0.413. The van der Waals surface area contributed by atoms with Gasteiger partial charge in [0.1, 0.15) is 66.2 Å². The number of carbonyl (C=O) groups excluding carboxylic acids is 5. The first-order valence-electron chi connectivity index (χ1n) is 54.1. The third-order valence-electron chi connectivity index (χ3n) is 25.4. The van der Waals surface area contributed by atoms with Crippen LogP contribution in [0.3, 0.4) is 0 Å². The van der Waals surface area contributed by atoms with Crippen molar-refractivity contribution in [3.63, 3.8) is 0 Å². The molecule has 0 radical (unpaired) electrons. The Bertz CT molecular complexity index is 5530. The van der Waals surface area contributed by atoms with Gasteiger partial charge in [-0.3, -0.25) is 0 Å². The fourth-order valence-electron chi connectivity index (χ4n) is 17.0. The maximum Gasteiger partial charge on any atom is 0.333 e. The van der Waals surface area contributed by atoms with Gasteiger partial charge in [-0.05, 0) is 327 Å². The molecule has 1 saturated heterocycles. The number of ether oxygens (including phenoxy) is 15. The first-order chi connectivity index (χ1) is 73.0. The van der Waals surface area contributed by atoms with Crippen molar-refractivity contribution in [2.45, 2.75) is 261 Å². The molecule has 11 rings (SSSR count). The zero-order valence-electron chi connectivity index (χ0n) is 90.4. The third-order valence-corrected chi connectivity index (χ3v) is 25.4. The predicted octanol–water partition coefficient (Wildman–Crippen LogP) is 27.6. The summed E-state index contributed by atoms with van der Waals surface area (Å²) in [6, 6.07) is 53.2. The van der Waals surface area contributed by atoms with E-state index < -0.39 is 5.97 Å². The standard InChI is InChI=1S/C47H62O8.C46H59NO8.C33H42FNO5/c1-6-39-16-9-10-19-44(39)42-31-40(17-12-27-54-46(48)35(2)3)45(41(32-42)18-13-28-55-47(49)36(4)5)53-26-11-7-8-15-37-20-22-43(23-21-37)52-29-14-25-50-33-38-24-30-51-34-38;1-6-38-16-9-10-19-43(38)41-31-39(17-12-27-54-45(48)35(2)3)44(40(32-41)18-13-28-55-46(49)36(4)5)53-26-11-7-8-15-37-20-22-42(23-21-37)52-29-14-25-50-33-47-24-30-51-34-47;1-4-5-6-7-8-9-10-11-18-37-29-15-16-30(31(34)21-29)27-14-17-32(39-23-26-22-35-40-24-26)28(20-27)13-12-19-38-33(36)25(2)3/h9-10,16,19-23,31-32,38H,2,4,6-8,11-15,17-18,24-30,33-34H2,1,3,5H3;9-10,16,19-24,30-32H,2,4,6-8,11-15,17-18,25-29,33-34H2,1,3,5H3;14-17,20-22,24H,2,4-13,18-19,23H2,1,3H3. The normalized spacial score (nSPS) is 12.3. The van der Waals surface area contributed by atoms with Crippen molar-refractivity contribution in [3.05, 3.63) is 305 Å². The molecule has 9 aromatic rings. The molecular formula is C126H163FN2O21. The summed E-state index contributed by atoms with van der Waals surface area (Å²) in [6.45, 7) is 42.8. The van der Waals surface area contributed by atoms with Crippen LogP contribution in [0.25, 0.3) is 33.4 Å². The number of hydrogen-bond acceptors (Lipinski definition) is 23. The molecular weight excluding hydrogens is 1900 g/mol. The molecule has 3 heterocycles. The first kappa shape index (κ1) is 120. The molecule has 1 aromatic heterocycles. The second-order valence-corrected chi connectivity index (χ2v) is 38.5. The van der Waals surface area contributed by atoms with Gasteiger partial charge >= 0.3 is 29.8 Å². The van der Waals surface area contributed by atoms with Gasteiger partial charge in [-0.1, -0.05) is 183 Å². The van der Waals surface area contributed by atoms with E-state index in [-0.39, 0.29) is 36.3 Å². The molecule has 2 aliphatic heterocycles. The summed E-state index contributed by atoms with van der Waals surface area (Å²) in [5.74, 6) is 2.99. The average Bonchev–Trinajstić information content (AvgIpc) is 1.28. The van der Waals surface area contributed by atoms with Crippen molar-refractivity contribution in [2.24, 2.45) is 5.92 Å². The van der Waals surface area contributed by atoms with Gasteiger partial charge in [0, 0.05) is 83.2 Å². The molecule has 23 nitrogen and oxygen atoms in total. The van der Waals surface area contributed by atoms with Gasteiger partial charge in [-0.2, -0.15) is 0 Å². The molecule has 0 bridgehead atoms. The van der Waals surface area contributed by atoms with E-state index in [4.69, 9.17) is 75.6 Å². The molecule has 2 aliphatic rings. The number of carbonyl (C=O) groups is 5. The van der Waals surface area contributed by atoms with Crippen molar-refractivity contribution >= 4 is 29.8 Å². The summed E-state index contributed by atoms with van der Waals surface area (Å²) in [6.07, 6.45) is 35.5. The lowest BCUT2D eigenvalue weighted by atomic mass is 9.91. The Morgan fingerprint density at radius 2 is 0.793 bits per heavy atom. The fraction of sp³-hybridized carbons (Fsp3) is 0.460. The van der Waals surface area contributed by atoms with Gasteiger partial charge in [0.05, 0.1) is 92.1 Å². The summed E-state index contributed by atoms with van der Waals surface area (Å²) >= 11 is 0. The Morgan fingerprint density at radius 1 is 0.380 bits per heavy atom. The summed E-state index contributed by atoms with van der Waals surface area (Å²) in [5.41, 5.74) is 18.9. The number of esters is 5. The van der Waals surface area contributed by atoms with Crippen LogP contribution in [0.15, 0.2) is 248 Å². The highest BCUT2D eigenvalue weighted by Crippen LogP contribution is 2.39. The molecule has 0 spiro atoms.